The van der Waals surface area contributed by atoms with Crippen molar-refractivity contribution in [1.29, 1.82) is 0 Å². The summed E-state index contributed by atoms with van der Waals surface area (Å²) < 4.78 is 3.01. The minimum absolute atomic E-state index is 0.0894. The Morgan fingerprint density at radius 3 is 2.43 bits per heavy atom. The first-order chi connectivity index (χ1) is 14.0. The molecule has 2 rings (SSSR count). The lowest BCUT2D eigenvalue weighted by molar-refractivity contribution is -0.384. The molecule has 30 heavy (non-hydrogen) atoms. The maximum atomic E-state index is 12.6. The molecule has 2 aromatic carbocycles. The Bertz CT molecular complexity index is 969. The van der Waals surface area contributed by atoms with Crippen LogP contribution in [0.5, 0.6) is 5.75 Å². The van der Waals surface area contributed by atoms with Gasteiger partial charge in [-0.15, -0.1) is 0 Å². The normalized spacial score (nSPS) is 11.9. The van der Waals surface area contributed by atoms with Crippen molar-refractivity contribution in [2.45, 2.75) is 16.9 Å². The molecule has 0 heterocycles. The number of methoxy groups -OCH3 is 1. The van der Waals surface area contributed by atoms with Gasteiger partial charge in [-0.25, -0.2) is 0 Å². The second-order valence-corrected chi connectivity index (χ2v) is 8.78. The van der Waals surface area contributed by atoms with E-state index in [-0.39, 0.29) is 16.5 Å². The summed E-state index contributed by atoms with van der Waals surface area (Å²) in [7, 11) is 1.39. The van der Waals surface area contributed by atoms with Gasteiger partial charge in [0.05, 0.1) is 18.1 Å². The number of carbonyl (C=O) groups is 1. The van der Waals surface area contributed by atoms with Crippen molar-refractivity contribution < 1.29 is 14.5 Å². The number of ether oxygens (including phenoxy) is 1. The van der Waals surface area contributed by atoms with Gasteiger partial charge in [-0.1, -0.05) is 53.0 Å². The number of benzene rings is 2. The van der Waals surface area contributed by atoms with E-state index in [1.54, 1.807) is 31.2 Å². The van der Waals surface area contributed by atoms with Crippen LogP contribution >= 0.6 is 47.0 Å². The van der Waals surface area contributed by atoms with Gasteiger partial charge in [0, 0.05) is 5.56 Å². The molecule has 0 saturated carbocycles. The highest BCUT2D eigenvalue weighted by atomic mass is 35.6. The van der Waals surface area contributed by atoms with E-state index in [1.165, 1.54) is 25.3 Å². The van der Waals surface area contributed by atoms with Gasteiger partial charge in [0.15, 0.2) is 5.11 Å². The Morgan fingerprint density at radius 1 is 1.20 bits per heavy atom. The molecule has 1 atom stereocenters. The van der Waals surface area contributed by atoms with E-state index in [2.05, 4.69) is 16.0 Å². The summed E-state index contributed by atoms with van der Waals surface area (Å²) in [4.78, 5) is 23.3. The van der Waals surface area contributed by atoms with Crippen molar-refractivity contribution in [3.63, 3.8) is 0 Å². The topological polar surface area (TPSA) is 106 Å². The number of nitrogens with zero attached hydrogens (tertiary/aromatic N) is 1. The number of nitro benzene ring substituents is 1. The molecule has 0 aliphatic heterocycles. The average Bonchev–Trinajstić information content (AvgIpc) is 2.67. The van der Waals surface area contributed by atoms with Crippen molar-refractivity contribution in [3.05, 3.63) is 63.7 Å². The van der Waals surface area contributed by atoms with E-state index >= 15 is 0 Å². The summed E-state index contributed by atoms with van der Waals surface area (Å²) in [6.07, 6.45) is -1.23. The molecule has 0 aliphatic rings. The molecule has 2 aromatic rings. The number of alkyl halides is 3. The third kappa shape index (κ3) is 6.33. The number of thiocarbonyl (C=S) groups is 1. The van der Waals surface area contributed by atoms with Crippen LogP contribution in [0, 0.1) is 17.0 Å². The molecule has 0 aromatic heterocycles. The van der Waals surface area contributed by atoms with Crippen LogP contribution in [0.25, 0.3) is 0 Å². The van der Waals surface area contributed by atoms with Crippen LogP contribution in [0.15, 0.2) is 42.5 Å². The number of halogens is 3. The molecule has 160 valence electrons. The Kier molecular flexibility index (Phi) is 8.08. The third-order valence-electron chi connectivity index (χ3n) is 3.92. The number of aryl methyl sites for hydroxylation is 1. The zero-order valence-corrected chi connectivity index (χ0v) is 18.8. The second-order valence-electron chi connectivity index (χ2n) is 6.00. The summed E-state index contributed by atoms with van der Waals surface area (Å²) in [6, 6.07) is 11.0. The molecule has 8 nitrogen and oxygen atoms in total. The van der Waals surface area contributed by atoms with E-state index < -0.39 is 20.8 Å². The predicted molar refractivity (Wildman–Crippen MR) is 122 cm³/mol. The molecular weight excluding hydrogens is 475 g/mol. The molecule has 12 heteroatoms. The number of amides is 1. The molecule has 3 N–H and O–H groups in total. The van der Waals surface area contributed by atoms with Gasteiger partial charge in [-0.05, 0) is 42.9 Å². The van der Waals surface area contributed by atoms with E-state index in [9.17, 15) is 14.9 Å². The summed E-state index contributed by atoms with van der Waals surface area (Å²) in [5.74, 6) is -0.189. The number of hydrogen-bond acceptors (Lipinski definition) is 5. The summed E-state index contributed by atoms with van der Waals surface area (Å²) in [5.41, 5.74) is 0.940. The molecular formula is C18H17Cl3N4O4S. The Labute approximate surface area is 193 Å². The van der Waals surface area contributed by atoms with Gasteiger partial charge in [-0.3, -0.25) is 14.9 Å². The van der Waals surface area contributed by atoms with Gasteiger partial charge in [0.25, 0.3) is 11.6 Å². The van der Waals surface area contributed by atoms with Gasteiger partial charge in [0.1, 0.15) is 17.6 Å². The maximum Gasteiger partial charge on any atom is 0.296 e. The first-order valence-corrected chi connectivity index (χ1v) is 9.90. The molecule has 0 bridgehead atoms. The van der Waals surface area contributed by atoms with Crippen molar-refractivity contribution in [3.8, 4) is 5.75 Å². The molecule has 0 spiro atoms. The maximum absolute atomic E-state index is 12.6. The molecule has 0 aliphatic carbocycles. The molecule has 1 amide bonds. The van der Waals surface area contributed by atoms with Crippen molar-refractivity contribution >= 4 is 69.4 Å². The molecule has 0 fully saturated rings. The summed E-state index contributed by atoms with van der Waals surface area (Å²) in [6.45, 7) is 1.77. The number of hydrogen-bond donors (Lipinski definition) is 3. The second kappa shape index (κ2) is 10.1. The Morgan fingerprint density at radius 2 is 1.87 bits per heavy atom. The van der Waals surface area contributed by atoms with Crippen LogP contribution in [0.3, 0.4) is 0 Å². The molecule has 0 radical (unpaired) electrons. The predicted octanol–water partition coefficient (Wildman–Crippen LogP) is 4.32. The fourth-order valence-corrected chi connectivity index (χ4v) is 2.98. The van der Waals surface area contributed by atoms with Crippen molar-refractivity contribution in [1.82, 2.24) is 10.6 Å². The number of rotatable bonds is 6. The highest BCUT2D eigenvalue weighted by Gasteiger charge is 2.35. The van der Waals surface area contributed by atoms with Gasteiger partial charge >= 0.3 is 0 Å². The van der Waals surface area contributed by atoms with Crippen LogP contribution in [0.4, 0.5) is 11.4 Å². The lowest BCUT2D eigenvalue weighted by atomic mass is 10.1. The minimum Gasteiger partial charge on any atom is -0.496 e. The zero-order valence-electron chi connectivity index (χ0n) is 15.7. The smallest absolute Gasteiger partial charge is 0.296 e. The van der Waals surface area contributed by atoms with E-state index in [4.69, 9.17) is 51.8 Å². The van der Waals surface area contributed by atoms with Crippen LogP contribution < -0.4 is 20.7 Å². The number of nitrogens with one attached hydrogen (secondary N) is 3. The van der Waals surface area contributed by atoms with Gasteiger partial charge in [-0.2, -0.15) is 0 Å². The Hall–Kier alpha value is -2.33. The molecule has 0 unspecified atom stereocenters. The Balaban J connectivity index is 2.18. The zero-order chi connectivity index (χ0) is 22.5. The number of anilines is 1. The van der Waals surface area contributed by atoms with Gasteiger partial charge in [0.2, 0.25) is 3.79 Å². The SMILES string of the molecule is COc1ccc(NC(=S)N[C@@H](NC(=O)c2ccccc2C)C(Cl)(Cl)Cl)c([N+](=O)[O-])c1. The minimum atomic E-state index is -1.98. The van der Waals surface area contributed by atoms with Crippen LogP contribution in [0.2, 0.25) is 0 Å². The monoisotopic (exact) mass is 490 g/mol. The largest absolute Gasteiger partial charge is 0.496 e. The lowest BCUT2D eigenvalue weighted by Crippen LogP contribution is -2.56. The summed E-state index contributed by atoms with van der Waals surface area (Å²) in [5, 5.41) is 19.1. The van der Waals surface area contributed by atoms with Crippen LogP contribution in [-0.4, -0.2) is 33.0 Å². The first-order valence-electron chi connectivity index (χ1n) is 8.36. The highest BCUT2D eigenvalue weighted by molar-refractivity contribution is 7.80. The first kappa shape index (κ1) is 23.9. The lowest BCUT2D eigenvalue weighted by Gasteiger charge is -2.28. The fourth-order valence-electron chi connectivity index (χ4n) is 2.42. The van der Waals surface area contributed by atoms with Gasteiger partial charge < -0.3 is 20.7 Å². The van der Waals surface area contributed by atoms with Crippen molar-refractivity contribution in [2.75, 3.05) is 12.4 Å². The molecule has 0 saturated heterocycles. The van der Waals surface area contributed by atoms with Crippen LogP contribution in [-0.2, 0) is 0 Å². The van der Waals surface area contributed by atoms with E-state index in [1.807, 2.05) is 0 Å². The number of nitro groups is 1. The highest BCUT2D eigenvalue weighted by Crippen LogP contribution is 2.31. The fraction of sp³-hybridized carbons (Fsp3) is 0.222. The van der Waals surface area contributed by atoms with Crippen molar-refractivity contribution in [2.24, 2.45) is 0 Å². The third-order valence-corrected chi connectivity index (χ3v) is 4.79. The quantitative estimate of drug-likeness (QED) is 0.182. The van der Waals surface area contributed by atoms with Crippen LogP contribution in [0.1, 0.15) is 15.9 Å². The standard InChI is InChI=1S/C18H17Cl3N4O4S/c1-10-5-3-4-6-12(10)15(26)23-16(18(19,20)21)24-17(30)22-13-8-7-11(29-2)9-14(13)25(27)28/h3-9,16H,1-2H3,(H,23,26)(H2,22,24,30)/t16-/m1/s1. The van der Waals surface area contributed by atoms with E-state index in [0.717, 1.165) is 5.56 Å². The van der Waals surface area contributed by atoms with E-state index in [0.29, 0.717) is 11.3 Å². The summed E-state index contributed by atoms with van der Waals surface area (Å²) >= 11 is 23.1. The number of carbonyl (C=O) groups excluding carboxylic acids is 1. The average molecular weight is 492 g/mol.